The van der Waals surface area contributed by atoms with Crippen molar-refractivity contribution in [1.29, 1.82) is 0 Å². The lowest BCUT2D eigenvalue weighted by atomic mass is 10.2. The van der Waals surface area contributed by atoms with Crippen molar-refractivity contribution in [3.8, 4) is 11.5 Å². The van der Waals surface area contributed by atoms with Crippen LogP contribution in [0.3, 0.4) is 0 Å². The second kappa shape index (κ2) is 10.9. The number of piperazine rings is 1. The van der Waals surface area contributed by atoms with E-state index in [4.69, 9.17) is 21.1 Å². The molecule has 1 aliphatic rings. The van der Waals surface area contributed by atoms with Crippen LogP contribution in [0.5, 0.6) is 11.5 Å². The van der Waals surface area contributed by atoms with Crippen LogP contribution >= 0.6 is 11.6 Å². The van der Waals surface area contributed by atoms with E-state index < -0.39 is 0 Å². The lowest BCUT2D eigenvalue weighted by Gasteiger charge is -2.33. The minimum Gasteiger partial charge on any atom is -0.494 e. The second-order valence-electron chi connectivity index (χ2n) is 7.00. The fourth-order valence-corrected chi connectivity index (χ4v) is 3.56. The number of nitrogens with zero attached hydrogens (tertiary/aromatic N) is 1. The summed E-state index contributed by atoms with van der Waals surface area (Å²) in [6.07, 6.45) is 0. The van der Waals surface area contributed by atoms with Crippen LogP contribution in [0.15, 0.2) is 48.5 Å². The highest BCUT2D eigenvalue weighted by Gasteiger charge is 2.22. The molecule has 1 fully saturated rings. The number of carbonyl (C=O) groups excluding carboxylic acids is 1. The molecule has 2 aromatic rings. The SMILES string of the molecule is CCOc1ccc(OCCNC(=O)C[NH+]2CCN(c3cccc(Cl)c3)CC2)cc1. The number of hydrogen-bond donors (Lipinski definition) is 2. The summed E-state index contributed by atoms with van der Waals surface area (Å²) >= 11 is 6.08. The Labute approximate surface area is 177 Å². The molecule has 0 aromatic heterocycles. The largest absolute Gasteiger partial charge is 0.494 e. The normalized spacial score (nSPS) is 14.5. The quantitative estimate of drug-likeness (QED) is 0.608. The third-order valence-corrected chi connectivity index (χ3v) is 5.12. The van der Waals surface area contributed by atoms with Gasteiger partial charge in [0.2, 0.25) is 0 Å². The first-order valence-corrected chi connectivity index (χ1v) is 10.5. The highest BCUT2D eigenvalue weighted by Crippen LogP contribution is 2.19. The van der Waals surface area contributed by atoms with Gasteiger partial charge in [-0.3, -0.25) is 4.79 Å². The number of nitrogens with one attached hydrogen (secondary N) is 2. The van der Waals surface area contributed by atoms with E-state index in [9.17, 15) is 4.79 Å². The summed E-state index contributed by atoms with van der Waals surface area (Å²) in [5.74, 6) is 1.66. The van der Waals surface area contributed by atoms with Gasteiger partial charge in [-0.2, -0.15) is 0 Å². The molecular weight excluding hydrogens is 390 g/mol. The molecule has 1 amide bonds. The van der Waals surface area contributed by atoms with Gasteiger partial charge in [0.1, 0.15) is 18.1 Å². The molecule has 3 rings (SSSR count). The van der Waals surface area contributed by atoms with Crippen molar-refractivity contribution in [2.75, 3.05) is 57.4 Å². The Hall–Kier alpha value is -2.44. The molecule has 1 aliphatic heterocycles. The summed E-state index contributed by atoms with van der Waals surface area (Å²) in [5.41, 5.74) is 1.15. The lowest BCUT2D eigenvalue weighted by molar-refractivity contribution is -0.892. The van der Waals surface area contributed by atoms with Crippen LogP contribution in [-0.2, 0) is 4.79 Å². The van der Waals surface area contributed by atoms with E-state index in [2.05, 4.69) is 16.3 Å². The number of rotatable bonds is 9. The number of benzene rings is 2. The highest BCUT2D eigenvalue weighted by molar-refractivity contribution is 6.30. The van der Waals surface area contributed by atoms with Gasteiger partial charge in [-0.1, -0.05) is 17.7 Å². The van der Waals surface area contributed by atoms with E-state index in [-0.39, 0.29) is 5.91 Å². The van der Waals surface area contributed by atoms with E-state index in [1.807, 2.05) is 49.4 Å². The van der Waals surface area contributed by atoms with Crippen LogP contribution < -0.4 is 24.6 Å². The van der Waals surface area contributed by atoms with Crippen molar-refractivity contribution in [2.24, 2.45) is 0 Å². The van der Waals surface area contributed by atoms with E-state index in [0.717, 1.165) is 48.4 Å². The minimum absolute atomic E-state index is 0.0616. The molecule has 0 bridgehead atoms. The molecule has 6 nitrogen and oxygen atoms in total. The number of halogens is 1. The second-order valence-corrected chi connectivity index (χ2v) is 7.43. The molecule has 156 valence electrons. The van der Waals surface area contributed by atoms with Gasteiger partial charge in [0, 0.05) is 10.7 Å². The fourth-order valence-electron chi connectivity index (χ4n) is 3.38. The lowest BCUT2D eigenvalue weighted by Crippen LogP contribution is -3.16. The zero-order valence-corrected chi connectivity index (χ0v) is 17.6. The molecule has 2 N–H and O–H groups in total. The van der Waals surface area contributed by atoms with Gasteiger partial charge in [-0.05, 0) is 49.4 Å². The molecule has 7 heteroatoms. The Morgan fingerprint density at radius 2 is 1.79 bits per heavy atom. The molecular formula is C22H29ClN3O3+. The van der Waals surface area contributed by atoms with Gasteiger partial charge in [0.15, 0.2) is 6.54 Å². The third kappa shape index (κ3) is 6.84. The molecule has 1 saturated heterocycles. The molecule has 29 heavy (non-hydrogen) atoms. The van der Waals surface area contributed by atoms with Gasteiger partial charge in [-0.15, -0.1) is 0 Å². The first-order valence-electron chi connectivity index (χ1n) is 10.1. The van der Waals surface area contributed by atoms with Gasteiger partial charge in [0.05, 0.1) is 39.3 Å². The van der Waals surface area contributed by atoms with Crippen LogP contribution in [0.2, 0.25) is 5.02 Å². The van der Waals surface area contributed by atoms with E-state index in [1.54, 1.807) is 0 Å². The van der Waals surface area contributed by atoms with Gasteiger partial charge in [0.25, 0.3) is 5.91 Å². The molecule has 0 unspecified atom stereocenters. The van der Waals surface area contributed by atoms with Gasteiger partial charge >= 0.3 is 0 Å². The number of anilines is 1. The maximum absolute atomic E-state index is 12.2. The number of amides is 1. The highest BCUT2D eigenvalue weighted by atomic mass is 35.5. The van der Waals surface area contributed by atoms with Crippen molar-refractivity contribution < 1.29 is 19.2 Å². The summed E-state index contributed by atoms with van der Waals surface area (Å²) < 4.78 is 11.1. The van der Waals surface area contributed by atoms with Crippen molar-refractivity contribution in [3.63, 3.8) is 0 Å². The maximum Gasteiger partial charge on any atom is 0.275 e. The molecule has 1 heterocycles. The first-order chi connectivity index (χ1) is 14.1. The average Bonchev–Trinajstić information content (AvgIpc) is 2.73. The molecule has 0 saturated carbocycles. The molecule has 0 radical (unpaired) electrons. The number of carbonyl (C=O) groups is 1. The maximum atomic E-state index is 12.2. The van der Waals surface area contributed by atoms with Crippen LogP contribution in [-0.4, -0.2) is 58.4 Å². The Morgan fingerprint density at radius 1 is 1.10 bits per heavy atom. The summed E-state index contributed by atoms with van der Waals surface area (Å²) in [4.78, 5) is 15.8. The smallest absolute Gasteiger partial charge is 0.275 e. The van der Waals surface area contributed by atoms with Crippen molar-refractivity contribution >= 4 is 23.2 Å². The number of ether oxygens (including phenoxy) is 2. The minimum atomic E-state index is 0.0616. The first kappa shape index (κ1) is 21.3. The van der Waals surface area contributed by atoms with Crippen LogP contribution in [0, 0.1) is 0 Å². The van der Waals surface area contributed by atoms with Crippen LogP contribution in [0.25, 0.3) is 0 Å². The number of quaternary nitrogens is 1. The van der Waals surface area contributed by atoms with E-state index >= 15 is 0 Å². The topological polar surface area (TPSA) is 55.2 Å². The predicted molar refractivity (Wildman–Crippen MR) is 115 cm³/mol. The van der Waals surface area contributed by atoms with Gasteiger partial charge < -0.3 is 24.6 Å². The van der Waals surface area contributed by atoms with E-state index in [0.29, 0.717) is 26.3 Å². The van der Waals surface area contributed by atoms with Gasteiger partial charge in [-0.25, -0.2) is 0 Å². The Bertz CT molecular complexity index is 777. The van der Waals surface area contributed by atoms with Crippen molar-refractivity contribution in [2.45, 2.75) is 6.92 Å². The molecule has 0 atom stereocenters. The third-order valence-electron chi connectivity index (χ3n) is 4.88. The van der Waals surface area contributed by atoms with Crippen molar-refractivity contribution in [3.05, 3.63) is 53.6 Å². The predicted octanol–water partition coefficient (Wildman–Crippen LogP) is 1.64. The summed E-state index contributed by atoms with van der Waals surface area (Å²) in [5, 5.41) is 3.70. The summed E-state index contributed by atoms with van der Waals surface area (Å²) in [7, 11) is 0. The molecule has 0 aliphatic carbocycles. The monoisotopic (exact) mass is 418 g/mol. The average molecular weight is 419 g/mol. The zero-order chi connectivity index (χ0) is 20.5. The standard InChI is InChI=1S/C22H28ClN3O3/c1-2-28-20-6-8-21(9-7-20)29-15-10-24-22(27)17-25-11-13-26(14-12-25)19-5-3-4-18(23)16-19/h3-9,16H,2,10-15,17H2,1H3,(H,24,27)/p+1. The van der Waals surface area contributed by atoms with Crippen molar-refractivity contribution in [1.82, 2.24) is 5.32 Å². The number of hydrogen-bond acceptors (Lipinski definition) is 4. The summed E-state index contributed by atoms with van der Waals surface area (Å²) in [6.45, 7) is 7.73. The zero-order valence-electron chi connectivity index (χ0n) is 16.8. The Balaban J connectivity index is 1.31. The Morgan fingerprint density at radius 3 is 2.45 bits per heavy atom. The fraction of sp³-hybridized carbons (Fsp3) is 0.409. The Kier molecular flexibility index (Phi) is 8.02. The molecule has 2 aromatic carbocycles. The van der Waals surface area contributed by atoms with Crippen LogP contribution in [0.1, 0.15) is 6.92 Å². The summed E-state index contributed by atoms with van der Waals surface area (Å²) in [6, 6.07) is 15.4. The molecule has 0 spiro atoms. The van der Waals surface area contributed by atoms with E-state index in [1.165, 1.54) is 4.90 Å². The van der Waals surface area contributed by atoms with Crippen LogP contribution in [0.4, 0.5) is 5.69 Å².